The molecule has 0 aliphatic rings. The minimum Gasteiger partial charge on any atom is -0.495 e. The van der Waals surface area contributed by atoms with E-state index in [4.69, 9.17) is 4.74 Å². The Balaban J connectivity index is 2.51. The van der Waals surface area contributed by atoms with Crippen LogP contribution >= 0.6 is 0 Å². The Kier molecular flexibility index (Phi) is 5.58. The van der Waals surface area contributed by atoms with Gasteiger partial charge in [-0.25, -0.2) is 8.42 Å². The van der Waals surface area contributed by atoms with Gasteiger partial charge in [-0.15, -0.1) is 0 Å². The summed E-state index contributed by atoms with van der Waals surface area (Å²) in [5.74, 6) is 0.376. The Hall–Kier alpha value is -1.86. The zero-order valence-corrected chi connectivity index (χ0v) is 16.9. The minimum absolute atomic E-state index is 0.208. The first kappa shape index (κ1) is 19.5. The molecule has 1 heterocycles. The van der Waals surface area contributed by atoms with Crippen LogP contribution in [0.1, 0.15) is 35.0 Å². The molecule has 0 unspecified atom stereocenters. The standard InChI is InChI=1S/C18H27N3O3S/c1-8-21(11-16-14(4)19-20(6)15(16)5)25(22,23)18-10-13(3)12(2)9-17(18)24-7/h9-10H,8,11H2,1-7H3. The van der Waals surface area contributed by atoms with Crippen molar-refractivity contribution in [1.82, 2.24) is 14.1 Å². The lowest BCUT2D eigenvalue weighted by Gasteiger charge is -2.22. The van der Waals surface area contributed by atoms with Gasteiger partial charge in [0.25, 0.3) is 0 Å². The molecule has 0 saturated carbocycles. The van der Waals surface area contributed by atoms with Crippen LogP contribution in [-0.2, 0) is 23.6 Å². The van der Waals surface area contributed by atoms with Crippen LogP contribution in [0.4, 0.5) is 0 Å². The van der Waals surface area contributed by atoms with Gasteiger partial charge in [0.15, 0.2) is 0 Å². The molecule has 0 amide bonds. The monoisotopic (exact) mass is 365 g/mol. The Bertz CT molecular complexity index is 885. The van der Waals surface area contributed by atoms with E-state index < -0.39 is 10.0 Å². The van der Waals surface area contributed by atoms with E-state index in [1.807, 2.05) is 41.7 Å². The number of hydrogen-bond acceptors (Lipinski definition) is 4. The number of sulfonamides is 1. The maximum atomic E-state index is 13.3. The van der Waals surface area contributed by atoms with Gasteiger partial charge in [0, 0.05) is 31.4 Å². The highest BCUT2D eigenvalue weighted by Crippen LogP contribution is 2.31. The number of nitrogens with zero attached hydrogens (tertiary/aromatic N) is 3. The third-order valence-corrected chi connectivity index (χ3v) is 6.69. The van der Waals surface area contributed by atoms with E-state index in [-0.39, 0.29) is 4.90 Å². The van der Waals surface area contributed by atoms with Crippen molar-refractivity contribution >= 4 is 10.0 Å². The summed E-state index contributed by atoms with van der Waals surface area (Å²) in [7, 11) is -0.325. The van der Waals surface area contributed by atoms with E-state index in [0.29, 0.717) is 18.8 Å². The van der Waals surface area contributed by atoms with E-state index >= 15 is 0 Å². The lowest BCUT2D eigenvalue weighted by Crippen LogP contribution is -2.31. The predicted octanol–water partition coefficient (Wildman–Crippen LogP) is 2.87. The fourth-order valence-electron chi connectivity index (χ4n) is 2.85. The average Bonchev–Trinajstić information content (AvgIpc) is 2.79. The van der Waals surface area contributed by atoms with Crippen LogP contribution in [0.15, 0.2) is 17.0 Å². The maximum Gasteiger partial charge on any atom is 0.247 e. The lowest BCUT2D eigenvalue weighted by atomic mass is 10.1. The molecule has 0 bridgehead atoms. The summed E-state index contributed by atoms with van der Waals surface area (Å²) >= 11 is 0. The second kappa shape index (κ2) is 7.17. The summed E-state index contributed by atoms with van der Waals surface area (Å²) in [5.41, 5.74) is 4.68. The molecule has 1 aromatic heterocycles. The van der Waals surface area contributed by atoms with Crippen molar-refractivity contribution in [3.05, 3.63) is 40.2 Å². The van der Waals surface area contributed by atoms with Crippen LogP contribution in [0.3, 0.4) is 0 Å². The summed E-state index contributed by atoms with van der Waals surface area (Å²) in [4.78, 5) is 0.208. The van der Waals surface area contributed by atoms with Crippen LogP contribution in [0.25, 0.3) is 0 Å². The summed E-state index contributed by atoms with van der Waals surface area (Å²) < 4.78 is 35.1. The normalized spacial score (nSPS) is 12.0. The molecule has 0 aliphatic carbocycles. The highest BCUT2D eigenvalue weighted by atomic mass is 32.2. The Morgan fingerprint density at radius 2 is 1.76 bits per heavy atom. The smallest absolute Gasteiger partial charge is 0.247 e. The molecule has 0 spiro atoms. The SMILES string of the molecule is CCN(Cc1c(C)nn(C)c1C)S(=O)(=O)c1cc(C)c(C)cc1OC. The number of aryl methyl sites for hydroxylation is 4. The number of ether oxygens (including phenoxy) is 1. The first-order valence-corrected chi connectivity index (χ1v) is 9.71. The second-order valence-corrected chi connectivity index (χ2v) is 8.20. The summed E-state index contributed by atoms with van der Waals surface area (Å²) in [6, 6.07) is 3.46. The van der Waals surface area contributed by atoms with E-state index in [2.05, 4.69) is 5.10 Å². The zero-order valence-electron chi connectivity index (χ0n) is 16.0. The highest BCUT2D eigenvalue weighted by Gasteiger charge is 2.29. The molecule has 138 valence electrons. The molecule has 7 heteroatoms. The summed E-state index contributed by atoms with van der Waals surface area (Å²) in [6.07, 6.45) is 0. The third-order valence-electron chi connectivity index (χ3n) is 4.74. The van der Waals surface area contributed by atoms with Gasteiger partial charge >= 0.3 is 0 Å². The maximum absolute atomic E-state index is 13.3. The lowest BCUT2D eigenvalue weighted by molar-refractivity contribution is 0.390. The average molecular weight is 365 g/mol. The van der Waals surface area contributed by atoms with E-state index in [1.54, 1.807) is 16.8 Å². The molecule has 0 atom stereocenters. The fraction of sp³-hybridized carbons (Fsp3) is 0.500. The second-order valence-electron chi connectivity index (χ2n) is 6.29. The first-order valence-electron chi connectivity index (χ1n) is 8.27. The number of rotatable bonds is 6. The Labute approximate surface area is 150 Å². The van der Waals surface area contributed by atoms with Crippen LogP contribution in [0.2, 0.25) is 0 Å². The largest absolute Gasteiger partial charge is 0.495 e. The zero-order chi connectivity index (χ0) is 18.9. The van der Waals surface area contributed by atoms with Crippen molar-refractivity contribution in [3.8, 4) is 5.75 Å². The number of benzene rings is 1. The summed E-state index contributed by atoms with van der Waals surface area (Å²) in [5, 5.41) is 4.38. The van der Waals surface area contributed by atoms with Crippen LogP contribution in [0, 0.1) is 27.7 Å². The van der Waals surface area contributed by atoms with Crippen molar-refractivity contribution in [2.45, 2.75) is 46.1 Å². The van der Waals surface area contributed by atoms with E-state index in [0.717, 1.165) is 28.1 Å². The van der Waals surface area contributed by atoms with Gasteiger partial charge in [0.05, 0.1) is 12.8 Å². The minimum atomic E-state index is -3.68. The van der Waals surface area contributed by atoms with Crippen molar-refractivity contribution in [2.24, 2.45) is 7.05 Å². The number of methoxy groups -OCH3 is 1. The summed E-state index contributed by atoms with van der Waals surface area (Å²) in [6.45, 7) is 10.2. The van der Waals surface area contributed by atoms with Crippen molar-refractivity contribution in [1.29, 1.82) is 0 Å². The van der Waals surface area contributed by atoms with Crippen molar-refractivity contribution < 1.29 is 13.2 Å². The molecule has 0 N–H and O–H groups in total. The van der Waals surface area contributed by atoms with Crippen LogP contribution < -0.4 is 4.74 Å². The molecule has 0 saturated heterocycles. The molecule has 2 rings (SSSR count). The fourth-order valence-corrected chi connectivity index (χ4v) is 4.49. The molecule has 0 aliphatic heterocycles. The number of hydrogen-bond donors (Lipinski definition) is 0. The predicted molar refractivity (Wildman–Crippen MR) is 98.4 cm³/mol. The molecule has 1 aromatic carbocycles. The van der Waals surface area contributed by atoms with Gasteiger partial charge in [-0.3, -0.25) is 4.68 Å². The van der Waals surface area contributed by atoms with Gasteiger partial charge in [0.2, 0.25) is 10.0 Å². The Morgan fingerprint density at radius 3 is 2.24 bits per heavy atom. The van der Waals surface area contributed by atoms with E-state index in [9.17, 15) is 8.42 Å². The molecule has 25 heavy (non-hydrogen) atoms. The van der Waals surface area contributed by atoms with E-state index in [1.165, 1.54) is 11.4 Å². The van der Waals surface area contributed by atoms with Gasteiger partial charge in [-0.1, -0.05) is 6.92 Å². The highest BCUT2D eigenvalue weighted by molar-refractivity contribution is 7.89. The third kappa shape index (κ3) is 3.57. The van der Waals surface area contributed by atoms with Crippen LogP contribution in [-0.4, -0.2) is 36.2 Å². The Morgan fingerprint density at radius 1 is 1.16 bits per heavy atom. The molecular weight excluding hydrogens is 338 g/mol. The van der Waals surface area contributed by atoms with Crippen molar-refractivity contribution in [3.63, 3.8) is 0 Å². The van der Waals surface area contributed by atoms with Gasteiger partial charge < -0.3 is 4.74 Å². The van der Waals surface area contributed by atoms with Crippen LogP contribution in [0.5, 0.6) is 5.75 Å². The van der Waals surface area contributed by atoms with Gasteiger partial charge in [-0.2, -0.15) is 9.40 Å². The molecule has 0 fully saturated rings. The molecule has 2 aromatic rings. The van der Waals surface area contributed by atoms with Gasteiger partial charge in [-0.05, 0) is 51.0 Å². The molecular formula is C18H27N3O3S. The quantitative estimate of drug-likeness (QED) is 0.790. The molecule has 6 nitrogen and oxygen atoms in total. The molecule has 0 radical (unpaired) electrons. The number of aromatic nitrogens is 2. The van der Waals surface area contributed by atoms with Gasteiger partial charge in [0.1, 0.15) is 10.6 Å². The van der Waals surface area contributed by atoms with Crippen molar-refractivity contribution in [2.75, 3.05) is 13.7 Å². The first-order chi connectivity index (χ1) is 11.6. The topological polar surface area (TPSA) is 64.4 Å².